The van der Waals surface area contributed by atoms with Gasteiger partial charge < -0.3 is 14.8 Å². The van der Waals surface area contributed by atoms with Crippen LogP contribution >= 0.6 is 11.3 Å². The molecule has 5 heteroatoms. The lowest BCUT2D eigenvalue weighted by molar-refractivity contribution is 0.0942. The number of carbonyl (C=O) groups excluding carboxylic acids is 1. The van der Waals surface area contributed by atoms with Crippen molar-refractivity contribution in [1.29, 1.82) is 0 Å². The molecule has 0 aliphatic heterocycles. The molecule has 0 spiro atoms. The average Bonchev–Trinajstić information content (AvgIpc) is 2.98. The molecule has 1 atom stereocenters. The fraction of sp³-hybridized carbons (Fsp3) is 0.357. The molecule has 1 amide bonds. The van der Waals surface area contributed by atoms with Crippen molar-refractivity contribution in [2.24, 2.45) is 0 Å². The van der Waals surface area contributed by atoms with Crippen LogP contribution in [0.4, 0.5) is 0 Å². The van der Waals surface area contributed by atoms with Gasteiger partial charge in [0, 0.05) is 11.4 Å². The first-order chi connectivity index (χ1) is 9.08. The summed E-state index contributed by atoms with van der Waals surface area (Å²) in [5, 5.41) is 14.6. The number of aliphatic hydroxyl groups is 1. The van der Waals surface area contributed by atoms with Crippen LogP contribution in [-0.2, 0) is 0 Å². The first-order valence-corrected chi connectivity index (χ1v) is 7.02. The number of aryl methyl sites for hydroxylation is 2. The van der Waals surface area contributed by atoms with Gasteiger partial charge in [-0.25, -0.2) is 0 Å². The van der Waals surface area contributed by atoms with Crippen LogP contribution in [-0.4, -0.2) is 17.6 Å². The van der Waals surface area contributed by atoms with Crippen molar-refractivity contribution in [2.45, 2.75) is 26.4 Å². The first kappa shape index (κ1) is 13.8. The van der Waals surface area contributed by atoms with Crippen molar-refractivity contribution >= 4 is 17.2 Å². The number of amides is 1. The zero-order valence-electron chi connectivity index (χ0n) is 11.0. The van der Waals surface area contributed by atoms with Gasteiger partial charge in [0.1, 0.15) is 11.5 Å². The maximum absolute atomic E-state index is 11.9. The quantitative estimate of drug-likeness (QED) is 0.884. The molecule has 4 nitrogen and oxygen atoms in total. The SMILES string of the molecule is Cc1cc(C(=O)NCC[C@@H](O)c2cccs2)c(C)o1. The van der Waals surface area contributed by atoms with Gasteiger partial charge in [0.25, 0.3) is 5.91 Å². The number of nitrogens with one attached hydrogen (secondary N) is 1. The number of rotatable bonds is 5. The van der Waals surface area contributed by atoms with E-state index in [1.165, 1.54) is 11.3 Å². The van der Waals surface area contributed by atoms with E-state index >= 15 is 0 Å². The Labute approximate surface area is 116 Å². The highest BCUT2D eigenvalue weighted by Gasteiger charge is 2.14. The van der Waals surface area contributed by atoms with E-state index in [0.29, 0.717) is 24.3 Å². The summed E-state index contributed by atoms with van der Waals surface area (Å²) in [7, 11) is 0. The molecule has 2 aromatic heterocycles. The topological polar surface area (TPSA) is 62.5 Å². The summed E-state index contributed by atoms with van der Waals surface area (Å²) in [6.07, 6.45) is -0.0187. The zero-order valence-corrected chi connectivity index (χ0v) is 11.8. The van der Waals surface area contributed by atoms with Crippen molar-refractivity contribution in [3.63, 3.8) is 0 Å². The zero-order chi connectivity index (χ0) is 13.8. The number of aliphatic hydroxyl groups excluding tert-OH is 1. The molecule has 2 rings (SSSR count). The molecule has 0 radical (unpaired) electrons. The van der Waals surface area contributed by atoms with E-state index in [1.807, 2.05) is 24.4 Å². The average molecular weight is 279 g/mol. The highest BCUT2D eigenvalue weighted by molar-refractivity contribution is 7.10. The van der Waals surface area contributed by atoms with Crippen molar-refractivity contribution in [3.8, 4) is 0 Å². The molecule has 2 heterocycles. The second-order valence-electron chi connectivity index (χ2n) is 4.40. The van der Waals surface area contributed by atoms with Crippen LogP contribution in [0.3, 0.4) is 0 Å². The number of carbonyl (C=O) groups is 1. The van der Waals surface area contributed by atoms with Crippen LogP contribution < -0.4 is 5.32 Å². The Morgan fingerprint density at radius 1 is 1.53 bits per heavy atom. The maximum atomic E-state index is 11.9. The number of hydrogen-bond acceptors (Lipinski definition) is 4. The summed E-state index contributed by atoms with van der Waals surface area (Å²) < 4.78 is 5.31. The maximum Gasteiger partial charge on any atom is 0.254 e. The predicted octanol–water partition coefficient (Wildman–Crippen LogP) is 2.81. The van der Waals surface area contributed by atoms with E-state index in [1.54, 1.807) is 13.0 Å². The molecule has 0 bridgehead atoms. The fourth-order valence-corrected chi connectivity index (χ4v) is 2.64. The lowest BCUT2D eigenvalue weighted by Gasteiger charge is -2.09. The Balaban J connectivity index is 1.83. The fourth-order valence-electron chi connectivity index (χ4n) is 1.90. The van der Waals surface area contributed by atoms with E-state index < -0.39 is 6.10 Å². The third-order valence-electron chi connectivity index (χ3n) is 2.86. The molecule has 19 heavy (non-hydrogen) atoms. The third kappa shape index (κ3) is 3.45. The Morgan fingerprint density at radius 3 is 2.89 bits per heavy atom. The largest absolute Gasteiger partial charge is 0.466 e. The van der Waals surface area contributed by atoms with Crippen LogP contribution in [0.25, 0.3) is 0 Å². The predicted molar refractivity (Wildman–Crippen MR) is 74.4 cm³/mol. The molecule has 0 aliphatic rings. The van der Waals surface area contributed by atoms with Crippen LogP contribution in [0.2, 0.25) is 0 Å². The van der Waals surface area contributed by atoms with Gasteiger partial charge in [0.2, 0.25) is 0 Å². The Morgan fingerprint density at radius 2 is 2.32 bits per heavy atom. The lowest BCUT2D eigenvalue weighted by atomic mass is 10.2. The molecule has 0 saturated heterocycles. The van der Waals surface area contributed by atoms with Gasteiger partial charge in [0.15, 0.2) is 0 Å². The second kappa shape index (κ2) is 6.04. The monoisotopic (exact) mass is 279 g/mol. The van der Waals surface area contributed by atoms with Gasteiger partial charge in [-0.3, -0.25) is 4.79 Å². The highest BCUT2D eigenvalue weighted by Crippen LogP contribution is 2.21. The Bertz CT molecular complexity index is 545. The highest BCUT2D eigenvalue weighted by atomic mass is 32.1. The molecule has 0 aromatic carbocycles. The van der Waals surface area contributed by atoms with E-state index in [-0.39, 0.29) is 5.91 Å². The number of hydrogen-bond donors (Lipinski definition) is 2. The van der Waals surface area contributed by atoms with E-state index in [4.69, 9.17) is 4.42 Å². The van der Waals surface area contributed by atoms with Gasteiger partial charge in [-0.1, -0.05) is 6.07 Å². The van der Waals surface area contributed by atoms with E-state index in [9.17, 15) is 9.90 Å². The summed E-state index contributed by atoms with van der Waals surface area (Å²) in [5.41, 5.74) is 0.558. The molecule has 2 N–H and O–H groups in total. The van der Waals surface area contributed by atoms with Crippen molar-refractivity contribution in [3.05, 3.63) is 45.5 Å². The van der Waals surface area contributed by atoms with Gasteiger partial charge in [-0.05, 0) is 37.8 Å². The van der Waals surface area contributed by atoms with Crippen LogP contribution in [0, 0.1) is 13.8 Å². The Hall–Kier alpha value is -1.59. The molecule has 0 fully saturated rings. The van der Waals surface area contributed by atoms with Gasteiger partial charge in [-0.15, -0.1) is 11.3 Å². The van der Waals surface area contributed by atoms with Gasteiger partial charge in [-0.2, -0.15) is 0 Å². The van der Waals surface area contributed by atoms with Crippen molar-refractivity contribution in [1.82, 2.24) is 5.32 Å². The number of furan rings is 1. The van der Waals surface area contributed by atoms with Crippen LogP contribution in [0.1, 0.15) is 39.3 Å². The van der Waals surface area contributed by atoms with Crippen molar-refractivity contribution < 1.29 is 14.3 Å². The first-order valence-electron chi connectivity index (χ1n) is 6.14. The summed E-state index contributed by atoms with van der Waals surface area (Å²) in [4.78, 5) is 12.8. The minimum atomic E-state index is -0.521. The summed E-state index contributed by atoms with van der Waals surface area (Å²) >= 11 is 1.51. The van der Waals surface area contributed by atoms with Crippen molar-refractivity contribution in [2.75, 3.05) is 6.54 Å². The third-order valence-corrected chi connectivity index (χ3v) is 3.83. The minimum Gasteiger partial charge on any atom is -0.466 e. The minimum absolute atomic E-state index is 0.160. The van der Waals surface area contributed by atoms with E-state index in [0.717, 1.165) is 10.6 Å². The normalized spacial score (nSPS) is 12.4. The summed E-state index contributed by atoms with van der Waals surface area (Å²) in [6.45, 7) is 4.01. The molecule has 0 aliphatic carbocycles. The number of thiophene rings is 1. The molecular formula is C14H17NO3S. The molecular weight excluding hydrogens is 262 g/mol. The molecule has 0 saturated carbocycles. The van der Waals surface area contributed by atoms with Gasteiger partial charge in [0.05, 0.1) is 11.7 Å². The van der Waals surface area contributed by atoms with Gasteiger partial charge >= 0.3 is 0 Å². The van der Waals surface area contributed by atoms with Crippen LogP contribution in [0.15, 0.2) is 28.0 Å². The molecule has 2 aromatic rings. The lowest BCUT2D eigenvalue weighted by Crippen LogP contribution is -2.25. The summed E-state index contributed by atoms with van der Waals surface area (Å²) in [5.74, 6) is 1.18. The van der Waals surface area contributed by atoms with Crippen LogP contribution in [0.5, 0.6) is 0 Å². The van der Waals surface area contributed by atoms with E-state index in [2.05, 4.69) is 5.32 Å². The second-order valence-corrected chi connectivity index (χ2v) is 5.38. The Kier molecular flexibility index (Phi) is 4.39. The molecule has 0 unspecified atom stereocenters. The molecule has 102 valence electrons. The smallest absolute Gasteiger partial charge is 0.254 e. The summed E-state index contributed by atoms with van der Waals surface area (Å²) in [6, 6.07) is 5.51. The standard InChI is InChI=1S/C14H17NO3S/c1-9-8-11(10(2)18-9)14(17)15-6-5-12(16)13-4-3-7-19-13/h3-4,7-8,12,16H,5-6H2,1-2H3,(H,15,17)/t12-/m1/s1.